The average molecular weight is 442 g/mol. The summed E-state index contributed by atoms with van der Waals surface area (Å²) in [7, 11) is -4.11. The second kappa shape index (κ2) is 8.70. The van der Waals surface area contributed by atoms with E-state index >= 15 is 0 Å². The number of ether oxygens (including phenoxy) is 1. The maximum Gasteiger partial charge on any atom is 0.325 e. The van der Waals surface area contributed by atoms with Gasteiger partial charge in [-0.1, -0.05) is 32.9 Å². The van der Waals surface area contributed by atoms with Crippen LogP contribution in [0, 0.1) is 0 Å². The van der Waals surface area contributed by atoms with E-state index in [9.17, 15) is 27.9 Å². The van der Waals surface area contributed by atoms with E-state index in [0.29, 0.717) is 0 Å². The van der Waals surface area contributed by atoms with E-state index in [-0.39, 0.29) is 23.3 Å². The molecule has 166 valence electrons. The molecule has 1 aliphatic heterocycles. The van der Waals surface area contributed by atoms with Crippen molar-refractivity contribution in [2.24, 2.45) is 5.73 Å². The van der Waals surface area contributed by atoms with E-state index in [4.69, 9.17) is 10.5 Å². The Hall–Kier alpha value is -2.50. The number of benzene rings is 1. The van der Waals surface area contributed by atoms with Crippen molar-refractivity contribution in [2.75, 3.05) is 6.54 Å². The van der Waals surface area contributed by atoms with Gasteiger partial charge in [0.2, 0.25) is 10.0 Å². The van der Waals surface area contributed by atoms with Crippen LogP contribution in [0.25, 0.3) is 0 Å². The Balaban J connectivity index is 2.23. The predicted molar refractivity (Wildman–Crippen MR) is 107 cm³/mol. The summed E-state index contributed by atoms with van der Waals surface area (Å²) in [5, 5.41) is 11.8. The van der Waals surface area contributed by atoms with E-state index in [1.165, 1.54) is 19.1 Å². The molecule has 10 nitrogen and oxygen atoms in total. The first kappa shape index (κ1) is 23.8. The third-order valence-corrected chi connectivity index (χ3v) is 6.63. The smallest absolute Gasteiger partial charge is 0.325 e. The molecule has 3 atom stereocenters. The summed E-state index contributed by atoms with van der Waals surface area (Å²) >= 11 is 0. The fourth-order valence-electron chi connectivity index (χ4n) is 3.06. The summed E-state index contributed by atoms with van der Waals surface area (Å²) in [6.07, 6.45) is -2.62. The SMILES string of the molecule is C[C@H](OC(=O)[C@H]1C[C@H](O)CN1S(=O)(=O)c1ccc(C(C)(C)C)cc1)C(=O)NC(N)=O. The second-order valence-electron chi connectivity index (χ2n) is 8.19. The number of imide groups is 1. The minimum absolute atomic E-state index is 0.0260. The van der Waals surface area contributed by atoms with Crippen LogP contribution >= 0.6 is 0 Å². The molecule has 0 aliphatic carbocycles. The highest BCUT2D eigenvalue weighted by atomic mass is 32.2. The van der Waals surface area contributed by atoms with Crippen LogP contribution in [0.2, 0.25) is 0 Å². The average Bonchev–Trinajstić information content (AvgIpc) is 3.03. The molecule has 0 radical (unpaired) electrons. The van der Waals surface area contributed by atoms with Crippen LogP contribution in [0.4, 0.5) is 4.79 Å². The summed E-state index contributed by atoms with van der Waals surface area (Å²) in [5.74, 6) is -1.95. The molecular weight excluding hydrogens is 414 g/mol. The van der Waals surface area contributed by atoms with Crippen molar-refractivity contribution in [1.82, 2.24) is 9.62 Å². The highest BCUT2D eigenvalue weighted by Gasteiger charge is 2.45. The number of rotatable bonds is 5. The molecule has 1 saturated heterocycles. The maximum absolute atomic E-state index is 13.1. The lowest BCUT2D eigenvalue weighted by molar-refractivity contribution is -0.157. The lowest BCUT2D eigenvalue weighted by Crippen LogP contribution is -2.46. The molecule has 0 unspecified atom stereocenters. The topological polar surface area (TPSA) is 156 Å². The molecule has 0 saturated carbocycles. The number of amides is 3. The fraction of sp³-hybridized carbons (Fsp3) is 0.526. The second-order valence-corrected chi connectivity index (χ2v) is 10.1. The van der Waals surface area contributed by atoms with Gasteiger partial charge in [0, 0.05) is 13.0 Å². The molecule has 11 heteroatoms. The number of primary amides is 1. The van der Waals surface area contributed by atoms with E-state index < -0.39 is 46.2 Å². The van der Waals surface area contributed by atoms with Crippen LogP contribution in [-0.2, 0) is 29.8 Å². The van der Waals surface area contributed by atoms with Crippen LogP contribution in [0.3, 0.4) is 0 Å². The van der Waals surface area contributed by atoms with Crippen molar-refractivity contribution < 1.29 is 32.6 Å². The van der Waals surface area contributed by atoms with Gasteiger partial charge in [-0.15, -0.1) is 0 Å². The molecule has 1 heterocycles. The normalized spacial score (nSPS) is 21.1. The molecule has 1 aliphatic rings. The molecule has 1 fully saturated rings. The highest BCUT2D eigenvalue weighted by molar-refractivity contribution is 7.89. The number of nitrogens with one attached hydrogen (secondary N) is 1. The third-order valence-electron chi connectivity index (χ3n) is 4.74. The van der Waals surface area contributed by atoms with Crippen molar-refractivity contribution >= 4 is 27.9 Å². The number of aliphatic hydroxyl groups excluding tert-OH is 1. The van der Waals surface area contributed by atoms with Crippen molar-refractivity contribution in [2.45, 2.75) is 62.7 Å². The van der Waals surface area contributed by atoms with Gasteiger partial charge in [-0.3, -0.25) is 14.9 Å². The summed E-state index contributed by atoms with van der Waals surface area (Å²) in [6, 6.07) is 3.88. The van der Waals surface area contributed by atoms with Gasteiger partial charge in [0.15, 0.2) is 6.10 Å². The van der Waals surface area contributed by atoms with Gasteiger partial charge in [-0.05, 0) is 30.0 Å². The van der Waals surface area contributed by atoms with Gasteiger partial charge in [0.25, 0.3) is 5.91 Å². The molecule has 0 spiro atoms. The van der Waals surface area contributed by atoms with Gasteiger partial charge in [0.1, 0.15) is 6.04 Å². The lowest BCUT2D eigenvalue weighted by atomic mass is 9.87. The van der Waals surface area contributed by atoms with Gasteiger partial charge in [-0.2, -0.15) is 4.31 Å². The van der Waals surface area contributed by atoms with Crippen LogP contribution in [-0.4, -0.2) is 60.5 Å². The van der Waals surface area contributed by atoms with Crippen LogP contribution < -0.4 is 11.1 Å². The van der Waals surface area contributed by atoms with Gasteiger partial charge in [0.05, 0.1) is 11.0 Å². The highest BCUT2D eigenvalue weighted by Crippen LogP contribution is 2.29. The quantitative estimate of drug-likeness (QED) is 0.552. The molecular formula is C19H27N3O7S. The number of aliphatic hydroxyl groups is 1. The number of urea groups is 1. The number of nitrogens with zero attached hydrogens (tertiary/aromatic N) is 1. The largest absolute Gasteiger partial charge is 0.451 e. The number of esters is 1. The van der Waals surface area contributed by atoms with Gasteiger partial charge < -0.3 is 15.6 Å². The molecule has 0 bridgehead atoms. The van der Waals surface area contributed by atoms with Crippen LogP contribution in [0.5, 0.6) is 0 Å². The van der Waals surface area contributed by atoms with Crippen molar-refractivity contribution in [3.63, 3.8) is 0 Å². The van der Waals surface area contributed by atoms with E-state index in [1.807, 2.05) is 20.8 Å². The monoisotopic (exact) mass is 441 g/mol. The molecule has 2 rings (SSSR count). The fourth-order valence-corrected chi connectivity index (χ4v) is 4.68. The number of hydrogen-bond donors (Lipinski definition) is 3. The van der Waals surface area contributed by atoms with Crippen LogP contribution in [0.1, 0.15) is 39.7 Å². The molecule has 3 amide bonds. The number of carbonyl (C=O) groups excluding carboxylic acids is 3. The number of β-amino-alcohol motifs (C(OH)–C–C–N with tert-alkyl or cyclic N) is 1. The third kappa shape index (κ3) is 5.35. The Kier molecular flexibility index (Phi) is 6.90. The zero-order chi connectivity index (χ0) is 22.9. The Morgan fingerprint density at radius 1 is 1.23 bits per heavy atom. The molecule has 30 heavy (non-hydrogen) atoms. The number of sulfonamides is 1. The zero-order valence-corrected chi connectivity index (χ0v) is 18.1. The molecule has 1 aromatic carbocycles. The number of hydrogen-bond acceptors (Lipinski definition) is 7. The van der Waals surface area contributed by atoms with Crippen molar-refractivity contribution in [3.8, 4) is 0 Å². The maximum atomic E-state index is 13.1. The molecule has 1 aromatic rings. The summed E-state index contributed by atoms with van der Waals surface area (Å²) < 4.78 is 32.0. The Morgan fingerprint density at radius 3 is 2.30 bits per heavy atom. The summed E-state index contributed by atoms with van der Waals surface area (Å²) in [4.78, 5) is 35.0. The van der Waals surface area contributed by atoms with Crippen molar-refractivity contribution in [3.05, 3.63) is 29.8 Å². The minimum atomic E-state index is -4.11. The van der Waals surface area contributed by atoms with E-state index in [0.717, 1.165) is 9.87 Å². The van der Waals surface area contributed by atoms with E-state index in [2.05, 4.69) is 0 Å². The van der Waals surface area contributed by atoms with E-state index in [1.54, 1.807) is 17.4 Å². The summed E-state index contributed by atoms with van der Waals surface area (Å²) in [5.41, 5.74) is 5.62. The van der Waals surface area contributed by atoms with Gasteiger partial charge >= 0.3 is 12.0 Å². The zero-order valence-electron chi connectivity index (χ0n) is 17.3. The number of nitrogens with two attached hydrogens (primary N) is 1. The Morgan fingerprint density at radius 2 is 1.80 bits per heavy atom. The first-order chi connectivity index (χ1) is 13.7. The Bertz CT molecular complexity index is 922. The lowest BCUT2D eigenvalue weighted by Gasteiger charge is -2.24. The Labute approximate surface area is 175 Å². The number of carbonyl (C=O) groups is 3. The minimum Gasteiger partial charge on any atom is -0.451 e. The predicted octanol–water partition coefficient (Wildman–Crippen LogP) is 0.235. The van der Waals surface area contributed by atoms with Crippen molar-refractivity contribution in [1.29, 1.82) is 0 Å². The first-order valence-electron chi connectivity index (χ1n) is 9.34. The first-order valence-corrected chi connectivity index (χ1v) is 10.8. The van der Waals surface area contributed by atoms with Crippen LogP contribution in [0.15, 0.2) is 29.2 Å². The molecule has 4 N–H and O–H groups in total. The summed E-state index contributed by atoms with van der Waals surface area (Å²) in [6.45, 7) is 6.91. The van der Waals surface area contributed by atoms with Gasteiger partial charge in [-0.25, -0.2) is 13.2 Å². The standard InChI is InChI=1S/C19H27N3O7S/c1-11(16(24)21-18(20)26)29-17(25)15-9-13(23)10-22(15)30(27,28)14-7-5-12(6-8-14)19(2,3)4/h5-8,11,13,15,23H,9-10H2,1-4H3,(H3,20,21,24,26)/t11-,13-,15+/m0/s1. The molecule has 0 aromatic heterocycles.